The molecule has 1 aliphatic heterocycles. The van der Waals surface area contributed by atoms with Crippen LogP contribution in [0.1, 0.15) is 12.5 Å². The van der Waals surface area contributed by atoms with Gasteiger partial charge in [-0.3, -0.25) is 9.69 Å². The number of carbonyl (C=O) groups is 1. The smallest absolute Gasteiger partial charge is 0.266 e. The van der Waals surface area contributed by atoms with Gasteiger partial charge in [-0.05, 0) is 37.3 Å². The molecule has 0 bridgehead atoms. The first-order chi connectivity index (χ1) is 15.7. The minimum atomic E-state index is -3.61. The average molecular weight is 499 g/mol. The van der Waals surface area contributed by atoms with Crippen LogP contribution >= 0.6 is 24.0 Å². The zero-order chi connectivity index (χ0) is 23.8. The number of hydrogen-bond donors (Lipinski definition) is 0. The van der Waals surface area contributed by atoms with Crippen LogP contribution in [-0.4, -0.2) is 58.3 Å². The van der Waals surface area contributed by atoms with E-state index in [2.05, 4.69) is 0 Å². The fourth-order valence-corrected chi connectivity index (χ4v) is 5.68. The number of thiocarbonyl (C=S) groups is 1. The summed E-state index contributed by atoms with van der Waals surface area (Å²) in [6.07, 6.45) is 3.60. The summed E-state index contributed by atoms with van der Waals surface area (Å²) in [6, 6.07) is 16.2. The highest BCUT2D eigenvalue weighted by Crippen LogP contribution is 2.35. The average Bonchev–Trinajstić information content (AvgIpc) is 3.34. The minimum Gasteiger partial charge on any atom is -0.293 e. The maximum atomic E-state index is 12.8. The second kappa shape index (κ2) is 9.22. The number of aromatic nitrogens is 2. The number of amides is 1. The van der Waals surface area contributed by atoms with E-state index in [9.17, 15) is 13.2 Å². The predicted octanol–water partition coefficient (Wildman–Crippen LogP) is 4.01. The van der Waals surface area contributed by atoms with E-state index in [4.69, 9.17) is 17.3 Å². The molecule has 0 atom stereocenters. The lowest BCUT2D eigenvalue weighted by Gasteiger charge is -2.12. The van der Waals surface area contributed by atoms with E-state index in [1.807, 2.05) is 43.5 Å². The molecule has 1 amide bonds. The summed E-state index contributed by atoms with van der Waals surface area (Å²) in [7, 11) is -0.627. The molecule has 0 unspecified atom stereocenters. The van der Waals surface area contributed by atoms with Gasteiger partial charge in [-0.1, -0.05) is 54.3 Å². The molecule has 1 aromatic heterocycles. The number of nitrogens with zero attached hydrogens (tertiary/aromatic N) is 4. The highest BCUT2D eigenvalue weighted by molar-refractivity contribution is 8.26. The lowest BCUT2D eigenvalue weighted by Crippen LogP contribution is -2.27. The molecule has 7 nitrogen and oxygen atoms in total. The van der Waals surface area contributed by atoms with Crippen molar-refractivity contribution in [2.24, 2.45) is 0 Å². The van der Waals surface area contributed by atoms with Gasteiger partial charge in [-0.15, -0.1) is 0 Å². The van der Waals surface area contributed by atoms with Gasteiger partial charge in [0, 0.05) is 38.0 Å². The molecule has 3 aromatic rings. The molecule has 10 heteroatoms. The summed E-state index contributed by atoms with van der Waals surface area (Å²) in [4.78, 5) is 15.0. The molecular weight excluding hydrogens is 476 g/mol. The summed E-state index contributed by atoms with van der Waals surface area (Å²) in [5, 5.41) is 4.74. The van der Waals surface area contributed by atoms with Crippen LogP contribution < -0.4 is 0 Å². The normalized spacial score (nSPS) is 15.8. The molecule has 1 fully saturated rings. The molecule has 1 saturated heterocycles. The maximum Gasteiger partial charge on any atom is 0.266 e. The van der Waals surface area contributed by atoms with Crippen molar-refractivity contribution in [1.82, 2.24) is 19.0 Å². The molecule has 33 heavy (non-hydrogen) atoms. The Kier molecular flexibility index (Phi) is 6.53. The second-order valence-corrected chi connectivity index (χ2v) is 11.3. The molecule has 0 saturated carbocycles. The highest BCUT2D eigenvalue weighted by atomic mass is 32.2. The Morgan fingerprint density at radius 1 is 1.12 bits per heavy atom. The fourth-order valence-electron chi connectivity index (χ4n) is 3.36. The lowest BCUT2D eigenvalue weighted by molar-refractivity contribution is -0.121. The fraction of sp³-hybridized carbons (Fsp3) is 0.174. The predicted molar refractivity (Wildman–Crippen MR) is 135 cm³/mol. The molecule has 1 aliphatic rings. The van der Waals surface area contributed by atoms with Crippen molar-refractivity contribution in [2.75, 3.05) is 20.6 Å². The Hall–Kier alpha value is -2.79. The lowest BCUT2D eigenvalue weighted by atomic mass is 10.1. The van der Waals surface area contributed by atoms with Crippen LogP contribution in [0.3, 0.4) is 0 Å². The molecular formula is C23H22N4O3S3. The first-order valence-electron chi connectivity index (χ1n) is 10.2. The number of carbonyl (C=O) groups excluding carboxylic acids is 1. The molecule has 0 radical (unpaired) electrons. The van der Waals surface area contributed by atoms with E-state index in [0.717, 1.165) is 5.69 Å². The van der Waals surface area contributed by atoms with Gasteiger partial charge in [0.05, 0.1) is 15.5 Å². The Bertz CT molecular complexity index is 1360. The summed E-state index contributed by atoms with van der Waals surface area (Å²) in [6.45, 7) is 2.38. The van der Waals surface area contributed by atoms with Crippen LogP contribution in [0.5, 0.6) is 0 Å². The van der Waals surface area contributed by atoms with E-state index in [-0.39, 0.29) is 10.8 Å². The maximum absolute atomic E-state index is 12.8. The van der Waals surface area contributed by atoms with Crippen molar-refractivity contribution in [3.8, 4) is 16.9 Å². The largest absolute Gasteiger partial charge is 0.293 e. The molecule has 2 heterocycles. The van der Waals surface area contributed by atoms with Crippen LogP contribution in [0.15, 0.2) is 70.6 Å². The Morgan fingerprint density at radius 2 is 1.85 bits per heavy atom. The quantitative estimate of drug-likeness (QED) is 0.378. The molecule has 2 aromatic carbocycles. The summed E-state index contributed by atoms with van der Waals surface area (Å²) in [5.74, 6) is -0.144. The monoisotopic (exact) mass is 498 g/mol. The summed E-state index contributed by atoms with van der Waals surface area (Å²) >= 11 is 6.59. The van der Waals surface area contributed by atoms with Gasteiger partial charge in [0.15, 0.2) is 0 Å². The molecule has 4 rings (SSSR count). The number of sulfonamides is 1. The van der Waals surface area contributed by atoms with Crippen LogP contribution in [-0.2, 0) is 14.8 Å². The second-order valence-electron chi connectivity index (χ2n) is 7.45. The van der Waals surface area contributed by atoms with E-state index >= 15 is 0 Å². The number of thioether (sulfide) groups is 1. The third kappa shape index (κ3) is 4.51. The first kappa shape index (κ1) is 23.4. The Balaban J connectivity index is 1.87. The van der Waals surface area contributed by atoms with Crippen molar-refractivity contribution in [3.05, 3.63) is 71.3 Å². The van der Waals surface area contributed by atoms with Crippen molar-refractivity contribution in [2.45, 2.75) is 11.8 Å². The van der Waals surface area contributed by atoms with Gasteiger partial charge in [0.2, 0.25) is 10.0 Å². The van der Waals surface area contributed by atoms with Crippen molar-refractivity contribution < 1.29 is 13.2 Å². The third-order valence-corrected chi connectivity index (χ3v) is 8.31. The highest BCUT2D eigenvalue weighted by Gasteiger charge is 2.31. The van der Waals surface area contributed by atoms with E-state index < -0.39 is 10.0 Å². The van der Waals surface area contributed by atoms with Crippen molar-refractivity contribution in [3.63, 3.8) is 0 Å². The summed E-state index contributed by atoms with van der Waals surface area (Å²) < 4.78 is 28.8. The molecule has 0 spiro atoms. The number of benzene rings is 2. The summed E-state index contributed by atoms with van der Waals surface area (Å²) in [5.41, 5.74) is 2.73. The van der Waals surface area contributed by atoms with Crippen molar-refractivity contribution in [1.29, 1.82) is 0 Å². The third-order valence-electron chi connectivity index (χ3n) is 5.13. The standard InChI is InChI=1S/C23H22N4O3S3/c1-4-26-22(28)20(32-23(26)31)14-17-15-27(18-10-6-5-7-11-18)24-21(17)16-9-8-12-19(13-16)33(29,30)25(2)3/h5-15H,4H2,1-3H3. The van der Waals surface area contributed by atoms with Crippen LogP contribution in [0.25, 0.3) is 23.0 Å². The molecule has 0 aliphatic carbocycles. The van der Waals surface area contributed by atoms with Gasteiger partial charge in [0.1, 0.15) is 10.0 Å². The van der Waals surface area contributed by atoms with E-state index in [1.165, 1.54) is 30.2 Å². The van der Waals surface area contributed by atoms with E-state index in [1.54, 1.807) is 39.9 Å². The first-order valence-corrected chi connectivity index (χ1v) is 12.8. The zero-order valence-electron chi connectivity index (χ0n) is 18.3. The minimum absolute atomic E-state index is 0.144. The number of rotatable bonds is 6. The van der Waals surface area contributed by atoms with Gasteiger partial charge < -0.3 is 0 Å². The van der Waals surface area contributed by atoms with Crippen LogP contribution in [0.2, 0.25) is 0 Å². The molecule has 0 N–H and O–H groups in total. The van der Waals surface area contributed by atoms with Gasteiger partial charge in [0.25, 0.3) is 5.91 Å². The SMILES string of the molecule is CCN1C(=O)C(=Cc2cn(-c3ccccc3)nc2-c2cccc(S(=O)(=O)N(C)C)c2)SC1=S. The van der Waals surface area contributed by atoms with Crippen LogP contribution in [0, 0.1) is 0 Å². The van der Waals surface area contributed by atoms with Crippen LogP contribution in [0.4, 0.5) is 0 Å². The van der Waals surface area contributed by atoms with Crippen molar-refractivity contribution >= 4 is 50.3 Å². The Morgan fingerprint density at radius 3 is 2.48 bits per heavy atom. The van der Waals surface area contributed by atoms with Gasteiger partial charge in [-0.2, -0.15) is 5.10 Å². The Labute approximate surface area is 202 Å². The number of para-hydroxylation sites is 1. The number of hydrogen-bond acceptors (Lipinski definition) is 6. The topological polar surface area (TPSA) is 75.5 Å². The zero-order valence-corrected chi connectivity index (χ0v) is 20.7. The van der Waals surface area contributed by atoms with E-state index in [0.29, 0.717) is 32.6 Å². The van der Waals surface area contributed by atoms with Gasteiger partial charge >= 0.3 is 0 Å². The number of likely N-dealkylation sites (N-methyl/N-ethyl adjacent to an activating group) is 1. The van der Waals surface area contributed by atoms with Gasteiger partial charge in [-0.25, -0.2) is 17.4 Å². The molecule has 170 valence electrons.